The first-order chi connectivity index (χ1) is 8.11. The first kappa shape index (κ1) is 12.7. The van der Waals surface area contributed by atoms with Crippen LogP contribution >= 0.6 is 31.9 Å². The van der Waals surface area contributed by atoms with E-state index in [2.05, 4.69) is 47.4 Å². The summed E-state index contributed by atoms with van der Waals surface area (Å²) in [6, 6.07) is 1.74. The fraction of sp³-hybridized carbons (Fsp3) is 0.200. The van der Waals surface area contributed by atoms with Crippen LogP contribution in [0.2, 0.25) is 0 Å². The van der Waals surface area contributed by atoms with Crippen LogP contribution in [-0.4, -0.2) is 14.8 Å². The molecule has 2 aromatic rings. The molecule has 0 amide bonds. The van der Waals surface area contributed by atoms with Gasteiger partial charge in [0.05, 0.1) is 17.9 Å². The number of hydrazine groups is 1. The van der Waals surface area contributed by atoms with Crippen molar-refractivity contribution >= 4 is 31.9 Å². The monoisotopic (exact) mass is 359 g/mol. The highest BCUT2D eigenvalue weighted by Gasteiger charge is 2.18. The summed E-state index contributed by atoms with van der Waals surface area (Å²) in [6.07, 6.45) is 5.40. The molecule has 0 aliphatic heterocycles. The van der Waals surface area contributed by atoms with Crippen molar-refractivity contribution < 1.29 is 0 Å². The second-order valence-electron chi connectivity index (χ2n) is 3.57. The number of halogens is 2. The smallest absolute Gasteiger partial charge is 0.0923 e. The summed E-state index contributed by atoms with van der Waals surface area (Å²) in [5.41, 5.74) is 4.53. The van der Waals surface area contributed by atoms with Gasteiger partial charge in [-0.25, -0.2) is 5.43 Å². The zero-order chi connectivity index (χ0) is 12.4. The van der Waals surface area contributed by atoms with E-state index >= 15 is 0 Å². The summed E-state index contributed by atoms with van der Waals surface area (Å²) in [7, 11) is 1.86. The molecule has 3 N–H and O–H groups in total. The molecule has 0 fully saturated rings. The molecule has 7 heteroatoms. The van der Waals surface area contributed by atoms with Crippen LogP contribution in [0.25, 0.3) is 0 Å². The van der Waals surface area contributed by atoms with Gasteiger partial charge in [-0.3, -0.25) is 15.5 Å². The number of aryl methyl sites for hydroxylation is 1. The normalized spacial score (nSPS) is 12.7. The molecule has 0 aliphatic rings. The summed E-state index contributed by atoms with van der Waals surface area (Å²) in [4.78, 5) is 4.36. The minimum absolute atomic E-state index is 0.189. The molecule has 1 unspecified atom stereocenters. The summed E-state index contributed by atoms with van der Waals surface area (Å²) >= 11 is 6.84. The van der Waals surface area contributed by atoms with E-state index in [0.717, 1.165) is 20.2 Å². The predicted octanol–water partition coefficient (Wildman–Crippen LogP) is 1.89. The maximum absolute atomic E-state index is 5.59. The molecule has 90 valence electrons. The van der Waals surface area contributed by atoms with Crippen LogP contribution < -0.4 is 11.3 Å². The van der Waals surface area contributed by atoms with Crippen LogP contribution in [-0.2, 0) is 7.05 Å². The van der Waals surface area contributed by atoms with Gasteiger partial charge in [0.15, 0.2) is 0 Å². The Morgan fingerprint density at radius 3 is 2.71 bits per heavy atom. The summed E-state index contributed by atoms with van der Waals surface area (Å²) in [6.45, 7) is 0. The third-order valence-electron chi connectivity index (χ3n) is 2.33. The van der Waals surface area contributed by atoms with E-state index in [1.165, 1.54) is 0 Å². The van der Waals surface area contributed by atoms with Crippen LogP contribution in [0.4, 0.5) is 0 Å². The zero-order valence-corrected chi connectivity index (χ0v) is 12.2. The van der Waals surface area contributed by atoms with Gasteiger partial charge in [0.1, 0.15) is 0 Å². The molecule has 0 bridgehead atoms. The van der Waals surface area contributed by atoms with Crippen molar-refractivity contribution in [3.8, 4) is 0 Å². The molecule has 2 rings (SSSR count). The van der Waals surface area contributed by atoms with Crippen LogP contribution in [0.1, 0.15) is 17.3 Å². The number of aromatic nitrogens is 3. The molecular weight excluding hydrogens is 350 g/mol. The van der Waals surface area contributed by atoms with Gasteiger partial charge < -0.3 is 0 Å². The molecule has 1 atom stereocenters. The third-order valence-corrected chi connectivity index (χ3v) is 3.40. The maximum atomic E-state index is 5.59. The molecule has 17 heavy (non-hydrogen) atoms. The van der Waals surface area contributed by atoms with Gasteiger partial charge in [-0.15, -0.1) is 0 Å². The van der Waals surface area contributed by atoms with Gasteiger partial charge in [0, 0.05) is 34.0 Å². The lowest BCUT2D eigenvalue weighted by atomic mass is 10.1. The summed E-state index contributed by atoms with van der Waals surface area (Å²) < 4.78 is 3.53. The summed E-state index contributed by atoms with van der Waals surface area (Å²) in [5.74, 6) is 5.59. The Hall–Kier alpha value is -0.760. The first-order valence-electron chi connectivity index (χ1n) is 4.87. The van der Waals surface area contributed by atoms with Crippen molar-refractivity contribution in [1.29, 1.82) is 0 Å². The van der Waals surface area contributed by atoms with Crippen LogP contribution in [0.3, 0.4) is 0 Å². The second kappa shape index (κ2) is 5.26. The fourth-order valence-electron chi connectivity index (χ4n) is 1.56. The first-order valence-corrected chi connectivity index (χ1v) is 6.46. The largest absolute Gasteiger partial charge is 0.275 e. The lowest BCUT2D eigenvalue weighted by Crippen LogP contribution is -2.29. The van der Waals surface area contributed by atoms with Crippen molar-refractivity contribution in [2.75, 3.05) is 0 Å². The Morgan fingerprint density at radius 1 is 1.41 bits per heavy atom. The quantitative estimate of drug-likeness (QED) is 0.647. The molecule has 2 heterocycles. The van der Waals surface area contributed by atoms with Crippen LogP contribution in [0, 0.1) is 0 Å². The Balaban J connectivity index is 2.42. The number of nitrogens with one attached hydrogen (secondary N) is 1. The Labute approximate surface area is 116 Å². The molecule has 0 spiro atoms. The lowest BCUT2D eigenvalue weighted by molar-refractivity contribution is 0.617. The van der Waals surface area contributed by atoms with E-state index in [0.29, 0.717) is 0 Å². The number of pyridine rings is 1. The lowest BCUT2D eigenvalue weighted by Gasteiger charge is -2.15. The predicted molar refractivity (Wildman–Crippen MR) is 72.0 cm³/mol. The van der Waals surface area contributed by atoms with Gasteiger partial charge >= 0.3 is 0 Å². The molecule has 0 radical (unpaired) electrons. The van der Waals surface area contributed by atoms with Crippen molar-refractivity contribution in [1.82, 2.24) is 20.2 Å². The molecule has 0 saturated heterocycles. The van der Waals surface area contributed by atoms with Gasteiger partial charge in [-0.2, -0.15) is 5.10 Å². The van der Waals surface area contributed by atoms with Gasteiger partial charge in [-0.05, 0) is 37.9 Å². The third kappa shape index (κ3) is 2.74. The second-order valence-corrected chi connectivity index (χ2v) is 5.34. The standard InChI is InChI=1S/C10H11Br2N5/c1-17-5-6(3-15-17)9(16-13)10-8(12)2-7(11)4-14-10/h2-5,9,16H,13H2,1H3. The fourth-order valence-corrected chi connectivity index (χ4v) is 2.78. The Morgan fingerprint density at radius 2 is 2.18 bits per heavy atom. The van der Waals surface area contributed by atoms with E-state index in [1.807, 2.05) is 19.3 Å². The summed E-state index contributed by atoms with van der Waals surface area (Å²) in [5, 5.41) is 4.13. The molecular formula is C10H11Br2N5. The number of nitrogens with two attached hydrogens (primary N) is 1. The van der Waals surface area contributed by atoms with Crippen LogP contribution in [0.5, 0.6) is 0 Å². The van der Waals surface area contributed by atoms with Crippen molar-refractivity contribution in [2.45, 2.75) is 6.04 Å². The molecule has 0 aromatic carbocycles. The van der Waals surface area contributed by atoms with E-state index in [4.69, 9.17) is 5.84 Å². The molecule has 2 aromatic heterocycles. The SMILES string of the molecule is Cn1cc(C(NN)c2ncc(Br)cc2Br)cn1. The van der Waals surface area contributed by atoms with Crippen molar-refractivity contribution in [3.63, 3.8) is 0 Å². The molecule has 0 aliphatic carbocycles. The van der Waals surface area contributed by atoms with Crippen LogP contribution in [0.15, 0.2) is 33.6 Å². The van der Waals surface area contributed by atoms with E-state index < -0.39 is 0 Å². The number of hydrogen-bond donors (Lipinski definition) is 2. The highest BCUT2D eigenvalue weighted by atomic mass is 79.9. The van der Waals surface area contributed by atoms with Gasteiger partial charge in [-0.1, -0.05) is 0 Å². The highest BCUT2D eigenvalue weighted by Crippen LogP contribution is 2.27. The van der Waals surface area contributed by atoms with Crippen molar-refractivity contribution in [2.24, 2.45) is 12.9 Å². The Kier molecular flexibility index (Phi) is 3.93. The number of nitrogens with zero attached hydrogens (tertiary/aromatic N) is 3. The average molecular weight is 361 g/mol. The number of rotatable bonds is 3. The molecule has 0 saturated carbocycles. The average Bonchev–Trinajstić information content (AvgIpc) is 2.69. The maximum Gasteiger partial charge on any atom is 0.0923 e. The van der Waals surface area contributed by atoms with Gasteiger partial charge in [0.25, 0.3) is 0 Å². The zero-order valence-electron chi connectivity index (χ0n) is 9.06. The Bertz CT molecular complexity index is 525. The van der Waals surface area contributed by atoms with E-state index in [1.54, 1.807) is 17.1 Å². The minimum atomic E-state index is -0.189. The number of hydrogen-bond acceptors (Lipinski definition) is 4. The van der Waals surface area contributed by atoms with E-state index in [-0.39, 0.29) is 6.04 Å². The molecule has 5 nitrogen and oxygen atoms in total. The highest BCUT2D eigenvalue weighted by molar-refractivity contribution is 9.11. The minimum Gasteiger partial charge on any atom is -0.275 e. The van der Waals surface area contributed by atoms with Crippen molar-refractivity contribution in [3.05, 3.63) is 44.9 Å². The van der Waals surface area contributed by atoms with E-state index in [9.17, 15) is 0 Å². The topological polar surface area (TPSA) is 68.8 Å². The van der Waals surface area contributed by atoms with Gasteiger partial charge in [0.2, 0.25) is 0 Å².